The number of aromatic nitrogens is 2. The van der Waals surface area contributed by atoms with Crippen molar-refractivity contribution in [3.05, 3.63) is 17.6 Å². The molecule has 2 atom stereocenters. The molecule has 0 aromatic carbocycles. The molecule has 0 amide bonds. The normalized spacial score (nSPS) is 29.1. The minimum Gasteiger partial charge on any atom is -0.389 e. The van der Waals surface area contributed by atoms with Crippen LogP contribution in [0.15, 0.2) is 6.33 Å². The van der Waals surface area contributed by atoms with Crippen molar-refractivity contribution in [2.24, 2.45) is 0 Å². The third-order valence-electron chi connectivity index (χ3n) is 5.42. The summed E-state index contributed by atoms with van der Waals surface area (Å²) in [6.45, 7) is 7.03. The Morgan fingerprint density at radius 3 is 2.88 bits per heavy atom. The van der Waals surface area contributed by atoms with Gasteiger partial charge in [0, 0.05) is 44.7 Å². The number of hydrogen-bond acceptors (Lipinski definition) is 7. The highest BCUT2D eigenvalue weighted by Crippen LogP contribution is 2.24. The number of nitrogens with one attached hydrogen (secondary N) is 1. The molecule has 1 aromatic heterocycles. The Balaban J connectivity index is 1.49. The second kappa shape index (κ2) is 7.31. The van der Waals surface area contributed by atoms with Crippen LogP contribution in [-0.4, -0.2) is 84.6 Å². The molecule has 2 N–H and O–H groups in total. The van der Waals surface area contributed by atoms with Crippen LogP contribution in [0.5, 0.6) is 0 Å². The fourth-order valence-electron chi connectivity index (χ4n) is 4.09. The zero-order valence-electron chi connectivity index (χ0n) is 14.2. The van der Waals surface area contributed by atoms with Crippen molar-refractivity contribution in [3.63, 3.8) is 0 Å². The largest absolute Gasteiger partial charge is 0.389 e. The maximum absolute atomic E-state index is 10.1. The van der Waals surface area contributed by atoms with Crippen LogP contribution in [0.1, 0.15) is 17.7 Å². The van der Waals surface area contributed by atoms with E-state index >= 15 is 0 Å². The molecule has 4 rings (SSSR count). The van der Waals surface area contributed by atoms with E-state index in [1.807, 2.05) is 0 Å². The molecule has 0 spiro atoms. The van der Waals surface area contributed by atoms with Gasteiger partial charge in [0.05, 0.1) is 31.1 Å². The lowest BCUT2D eigenvalue weighted by atomic mass is 10.1. The van der Waals surface area contributed by atoms with Gasteiger partial charge in [0.1, 0.15) is 12.1 Å². The van der Waals surface area contributed by atoms with Crippen LogP contribution >= 0.6 is 0 Å². The highest BCUT2D eigenvalue weighted by Gasteiger charge is 2.33. The summed E-state index contributed by atoms with van der Waals surface area (Å²) in [5.41, 5.74) is 2.52. The van der Waals surface area contributed by atoms with E-state index in [2.05, 4.69) is 25.1 Å². The SMILES string of the molecule is O[C@H]1COC[C@@H]1N1CCCN(c2ncnc3c2CCNCC3)CC1. The van der Waals surface area contributed by atoms with Gasteiger partial charge in [0.2, 0.25) is 0 Å². The molecule has 3 aliphatic heterocycles. The van der Waals surface area contributed by atoms with Gasteiger partial charge in [-0.1, -0.05) is 0 Å². The topological polar surface area (TPSA) is 73.8 Å². The summed E-state index contributed by atoms with van der Waals surface area (Å²) in [5, 5.41) is 13.5. The van der Waals surface area contributed by atoms with Crippen molar-refractivity contribution < 1.29 is 9.84 Å². The number of hydrogen-bond donors (Lipinski definition) is 2. The van der Waals surface area contributed by atoms with Crippen molar-refractivity contribution in [3.8, 4) is 0 Å². The smallest absolute Gasteiger partial charge is 0.135 e. The number of aliphatic hydroxyl groups excluding tert-OH is 1. The number of rotatable bonds is 2. The van der Waals surface area contributed by atoms with E-state index in [9.17, 15) is 5.11 Å². The van der Waals surface area contributed by atoms with Crippen molar-refractivity contribution in [2.45, 2.75) is 31.4 Å². The molecule has 2 fully saturated rings. The van der Waals surface area contributed by atoms with Gasteiger partial charge < -0.3 is 20.1 Å². The van der Waals surface area contributed by atoms with Gasteiger partial charge in [0.25, 0.3) is 0 Å². The molecule has 2 saturated heterocycles. The summed E-state index contributed by atoms with van der Waals surface area (Å²) in [5.74, 6) is 1.12. The molecule has 24 heavy (non-hydrogen) atoms. The van der Waals surface area contributed by atoms with Gasteiger partial charge in [-0.3, -0.25) is 4.90 Å². The minimum atomic E-state index is -0.349. The van der Waals surface area contributed by atoms with E-state index in [1.54, 1.807) is 6.33 Å². The van der Waals surface area contributed by atoms with Gasteiger partial charge in [-0.2, -0.15) is 0 Å². The Kier molecular flexibility index (Phi) is 4.93. The second-order valence-electron chi connectivity index (χ2n) is 6.92. The molecular formula is C17H27N5O2. The van der Waals surface area contributed by atoms with E-state index in [0.29, 0.717) is 13.2 Å². The third-order valence-corrected chi connectivity index (χ3v) is 5.42. The molecule has 1 aromatic rings. The molecule has 132 valence electrons. The Labute approximate surface area is 143 Å². The van der Waals surface area contributed by atoms with Gasteiger partial charge in [-0.15, -0.1) is 0 Å². The van der Waals surface area contributed by atoms with Gasteiger partial charge in [0.15, 0.2) is 0 Å². The van der Waals surface area contributed by atoms with E-state index in [0.717, 1.165) is 64.3 Å². The van der Waals surface area contributed by atoms with E-state index < -0.39 is 0 Å². The summed E-state index contributed by atoms with van der Waals surface area (Å²) in [6, 6.07) is 0.150. The molecule has 0 bridgehead atoms. The van der Waals surface area contributed by atoms with Gasteiger partial charge in [-0.05, 0) is 19.4 Å². The summed E-state index contributed by atoms with van der Waals surface area (Å²) < 4.78 is 5.43. The van der Waals surface area contributed by atoms with Crippen LogP contribution < -0.4 is 10.2 Å². The Morgan fingerprint density at radius 2 is 2.00 bits per heavy atom. The fourth-order valence-corrected chi connectivity index (χ4v) is 4.09. The average Bonchev–Trinajstić information content (AvgIpc) is 2.82. The molecule has 7 heteroatoms. The van der Waals surface area contributed by atoms with Crippen molar-refractivity contribution in [1.29, 1.82) is 0 Å². The summed E-state index contributed by atoms with van der Waals surface area (Å²) in [4.78, 5) is 13.9. The van der Waals surface area contributed by atoms with E-state index in [4.69, 9.17) is 4.74 Å². The molecule has 0 aliphatic carbocycles. The number of anilines is 1. The number of ether oxygens (including phenoxy) is 1. The monoisotopic (exact) mass is 333 g/mol. The fraction of sp³-hybridized carbons (Fsp3) is 0.765. The van der Waals surface area contributed by atoms with E-state index in [-0.39, 0.29) is 12.1 Å². The highest BCUT2D eigenvalue weighted by atomic mass is 16.5. The molecule has 0 unspecified atom stereocenters. The molecular weight excluding hydrogens is 306 g/mol. The minimum absolute atomic E-state index is 0.150. The molecule has 0 radical (unpaired) electrons. The number of aliphatic hydroxyl groups is 1. The van der Waals surface area contributed by atoms with E-state index in [1.165, 1.54) is 11.3 Å². The van der Waals surface area contributed by atoms with Crippen molar-refractivity contribution >= 4 is 5.82 Å². The molecule has 4 heterocycles. The lowest BCUT2D eigenvalue weighted by Crippen LogP contribution is -2.45. The summed E-state index contributed by atoms with van der Waals surface area (Å²) >= 11 is 0. The first-order valence-corrected chi connectivity index (χ1v) is 9.11. The first kappa shape index (κ1) is 16.2. The zero-order valence-corrected chi connectivity index (χ0v) is 14.2. The quantitative estimate of drug-likeness (QED) is 0.751. The Bertz CT molecular complexity index is 570. The predicted octanol–water partition coefficient (Wildman–Crippen LogP) is -0.563. The maximum Gasteiger partial charge on any atom is 0.135 e. The number of fused-ring (bicyclic) bond motifs is 1. The van der Waals surface area contributed by atoms with Crippen LogP contribution in [0.2, 0.25) is 0 Å². The first-order valence-electron chi connectivity index (χ1n) is 9.11. The summed E-state index contributed by atoms with van der Waals surface area (Å²) in [6.07, 6.45) is 4.44. The lowest BCUT2D eigenvalue weighted by molar-refractivity contribution is 0.0859. The van der Waals surface area contributed by atoms with Crippen LogP contribution in [0.25, 0.3) is 0 Å². The van der Waals surface area contributed by atoms with Gasteiger partial charge in [-0.25, -0.2) is 9.97 Å². The number of nitrogens with zero attached hydrogens (tertiary/aromatic N) is 4. The lowest BCUT2D eigenvalue weighted by Gasteiger charge is -2.29. The Hall–Kier alpha value is -1.28. The summed E-state index contributed by atoms with van der Waals surface area (Å²) in [7, 11) is 0. The molecule has 0 saturated carbocycles. The van der Waals surface area contributed by atoms with Crippen LogP contribution in [-0.2, 0) is 17.6 Å². The predicted molar refractivity (Wildman–Crippen MR) is 91.3 cm³/mol. The average molecular weight is 333 g/mol. The highest BCUT2D eigenvalue weighted by molar-refractivity contribution is 5.49. The third kappa shape index (κ3) is 3.26. The maximum atomic E-state index is 10.1. The zero-order chi connectivity index (χ0) is 16.4. The van der Waals surface area contributed by atoms with Crippen LogP contribution in [0, 0.1) is 0 Å². The van der Waals surface area contributed by atoms with Crippen molar-refractivity contribution in [1.82, 2.24) is 20.2 Å². The van der Waals surface area contributed by atoms with Crippen molar-refractivity contribution in [2.75, 3.05) is 57.4 Å². The Morgan fingerprint density at radius 1 is 1.08 bits per heavy atom. The molecule has 3 aliphatic rings. The van der Waals surface area contributed by atoms with Crippen LogP contribution in [0.3, 0.4) is 0 Å². The first-order chi connectivity index (χ1) is 11.8. The van der Waals surface area contributed by atoms with Crippen LogP contribution in [0.4, 0.5) is 5.82 Å². The molecule has 7 nitrogen and oxygen atoms in total. The van der Waals surface area contributed by atoms with Gasteiger partial charge >= 0.3 is 0 Å². The second-order valence-corrected chi connectivity index (χ2v) is 6.92. The standard InChI is InChI=1S/C17H27N5O2/c23-16-11-24-10-15(16)21-6-1-7-22(9-8-21)17-13-2-4-18-5-3-14(13)19-12-20-17/h12,15-16,18,23H,1-11H2/t15-,16-/m0/s1.